The summed E-state index contributed by atoms with van der Waals surface area (Å²) in [5.41, 5.74) is 1.95. The van der Waals surface area contributed by atoms with Crippen LogP contribution in [0.4, 0.5) is 10.1 Å². The van der Waals surface area contributed by atoms with Crippen LogP contribution >= 0.6 is 0 Å². The monoisotopic (exact) mass is 290 g/mol. The van der Waals surface area contributed by atoms with Crippen LogP contribution in [-0.4, -0.2) is 10.0 Å². The highest BCUT2D eigenvalue weighted by atomic mass is 19.1. The maximum atomic E-state index is 13.5. The Morgan fingerprint density at radius 2 is 1.76 bits per heavy atom. The molecule has 0 aliphatic carbocycles. The average Bonchev–Trinajstić information content (AvgIpc) is 2.47. The Hall–Kier alpha value is -2.31. The first kappa shape index (κ1) is 15.1. The van der Waals surface area contributed by atoms with Crippen LogP contribution in [0.2, 0.25) is 0 Å². The summed E-state index contributed by atoms with van der Waals surface area (Å²) in [5, 5.41) is 22.7. The molecule has 2 aromatic rings. The second kappa shape index (κ2) is 6.92. The molecule has 5 nitrogen and oxygen atoms in total. The van der Waals surface area contributed by atoms with Crippen LogP contribution in [0.3, 0.4) is 0 Å². The van der Waals surface area contributed by atoms with Crippen LogP contribution in [-0.2, 0) is 19.7 Å². The Bertz CT molecular complexity index is 647. The zero-order valence-corrected chi connectivity index (χ0v) is 11.3. The Morgan fingerprint density at radius 1 is 1.10 bits per heavy atom. The molecule has 0 heterocycles. The fourth-order valence-corrected chi connectivity index (χ4v) is 2.00. The van der Waals surface area contributed by atoms with E-state index in [1.54, 1.807) is 0 Å². The van der Waals surface area contributed by atoms with Crippen molar-refractivity contribution >= 4 is 5.69 Å². The molecule has 0 saturated heterocycles. The lowest BCUT2D eigenvalue weighted by Gasteiger charge is -2.07. The molecule has 0 aliphatic rings. The Balaban J connectivity index is 1.94. The molecule has 0 atom stereocenters. The van der Waals surface area contributed by atoms with Crippen LogP contribution < -0.4 is 5.32 Å². The van der Waals surface area contributed by atoms with Gasteiger partial charge in [-0.3, -0.25) is 10.1 Å². The fourth-order valence-electron chi connectivity index (χ4n) is 2.00. The van der Waals surface area contributed by atoms with Crippen LogP contribution in [0.1, 0.15) is 16.7 Å². The first-order valence-corrected chi connectivity index (χ1v) is 6.42. The summed E-state index contributed by atoms with van der Waals surface area (Å²) in [5.74, 6) is -0.832. The molecule has 2 N–H and O–H groups in total. The molecule has 0 radical (unpaired) electrons. The summed E-state index contributed by atoms with van der Waals surface area (Å²) < 4.78 is 13.5. The van der Waals surface area contributed by atoms with Crippen molar-refractivity contribution < 1.29 is 14.4 Å². The summed E-state index contributed by atoms with van der Waals surface area (Å²) in [7, 11) is 0. The summed E-state index contributed by atoms with van der Waals surface area (Å²) in [4.78, 5) is 9.78. The lowest BCUT2D eigenvalue weighted by Crippen LogP contribution is -2.13. The minimum atomic E-state index is -0.832. The highest BCUT2D eigenvalue weighted by molar-refractivity contribution is 5.35. The van der Waals surface area contributed by atoms with Crippen LogP contribution in [0.5, 0.6) is 0 Å². The minimum Gasteiger partial charge on any atom is -0.392 e. The zero-order valence-electron chi connectivity index (χ0n) is 11.3. The Kier molecular flexibility index (Phi) is 4.97. The molecule has 2 aromatic carbocycles. The van der Waals surface area contributed by atoms with Crippen molar-refractivity contribution in [3.8, 4) is 0 Å². The summed E-state index contributed by atoms with van der Waals surface area (Å²) in [6, 6.07) is 11.3. The van der Waals surface area contributed by atoms with Crippen molar-refractivity contribution in [1.29, 1.82) is 0 Å². The molecule has 0 aliphatic heterocycles. The Morgan fingerprint density at radius 3 is 2.38 bits per heavy atom. The lowest BCUT2D eigenvalue weighted by atomic mass is 10.1. The van der Waals surface area contributed by atoms with Crippen LogP contribution in [0.15, 0.2) is 42.5 Å². The highest BCUT2D eigenvalue weighted by Gasteiger charge is 2.13. The SMILES string of the molecule is O=[N+]([O-])c1ccc(CNCc2cccc(CO)c2)cc1F. The molecule has 0 saturated carbocycles. The number of hydrogen-bond acceptors (Lipinski definition) is 4. The van der Waals surface area contributed by atoms with Gasteiger partial charge in [-0.1, -0.05) is 30.3 Å². The smallest absolute Gasteiger partial charge is 0.304 e. The van der Waals surface area contributed by atoms with Gasteiger partial charge in [-0.15, -0.1) is 0 Å². The topological polar surface area (TPSA) is 75.4 Å². The number of hydrogen-bond donors (Lipinski definition) is 2. The number of aliphatic hydroxyl groups excluding tert-OH is 1. The first-order valence-electron chi connectivity index (χ1n) is 6.42. The first-order chi connectivity index (χ1) is 10.1. The number of aliphatic hydroxyl groups is 1. The van der Waals surface area contributed by atoms with Crippen molar-refractivity contribution in [2.45, 2.75) is 19.7 Å². The van der Waals surface area contributed by atoms with Gasteiger partial charge in [0.1, 0.15) is 0 Å². The molecule has 110 valence electrons. The number of nitro groups is 1. The molecular formula is C15H15FN2O3. The van der Waals surface area contributed by atoms with E-state index >= 15 is 0 Å². The van der Waals surface area contributed by atoms with E-state index in [1.165, 1.54) is 12.1 Å². The normalized spacial score (nSPS) is 10.6. The third kappa shape index (κ3) is 4.08. The van der Waals surface area contributed by atoms with E-state index in [-0.39, 0.29) is 6.61 Å². The Labute approximate surface area is 121 Å². The van der Waals surface area contributed by atoms with Crippen molar-refractivity contribution in [1.82, 2.24) is 5.32 Å². The molecule has 0 bridgehead atoms. The van der Waals surface area contributed by atoms with Crippen molar-refractivity contribution in [2.24, 2.45) is 0 Å². The van der Waals surface area contributed by atoms with E-state index in [4.69, 9.17) is 5.11 Å². The molecule has 0 aromatic heterocycles. The summed E-state index contributed by atoms with van der Waals surface area (Å²) in [6.07, 6.45) is 0. The second-order valence-electron chi connectivity index (χ2n) is 4.62. The van der Waals surface area contributed by atoms with Gasteiger partial charge in [0.05, 0.1) is 11.5 Å². The molecule has 0 spiro atoms. The maximum Gasteiger partial charge on any atom is 0.304 e. The van der Waals surface area contributed by atoms with Crippen LogP contribution in [0.25, 0.3) is 0 Å². The van der Waals surface area contributed by atoms with Gasteiger partial charge in [0.2, 0.25) is 5.82 Å². The minimum absolute atomic E-state index is 0.0125. The van der Waals surface area contributed by atoms with Gasteiger partial charge in [-0.05, 0) is 22.8 Å². The van der Waals surface area contributed by atoms with Gasteiger partial charge in [0, 0.05) is 19.2 Å². The maximum absolute atomic E-state index is 13.5. The summed E-state index contributed by atoms with van der Waals surface area (Å²) in [6.45, 7) is 0.951. The third-order valence-electron chi connectivity index (χ3n) is 3.04. The van der Waals surface area contributed by atoms with E-state index in [2.05, 4.69) is 5.32 Å². The molecule has 0 amide bonds. The van der Waals surface area contributed by atoms with Gasteiger partial charge in [0.25, 0.3) is 0 Å². The molecule has 0 unspecified atom stereocenters. The molecule has 21 heavy (non-hydrogen) atoms. The molecule has 0 fully saturated rings. The number of rotatable bonds is 6. The van der Waals surface area contributed by atoms with Gasteiger partial charge in [-0.2, -0.15) is 4.39 Å². The quantitative estimate of drug-likeness (QED) is 0.633. The molecule has 2 rings (SSSR count). The predicted octanol–water partition coefficient (Wildman–Crippen LogP) is 2.52. The van der Waals surface area contributed by atoms with Crippen molar-refractivity contribution in [2.75, 3.05) is 0 Å². The average molecular weight is 290 g/mol. The number of nitro benzene ring substituents is 1. The standard InChI is InChI=1S/C15H15FN2O3/c16-14-7-12(4-5-15(14)18(20)21)9-17-8-11-2-1-3-13(6-11)10-19/h1-7,17,19H,8-10H2. The van der Waals surface area contributed by atoms with Crippen LogP contribution in [0, 0.1) is 15.9 Å². The lowest BCUT2D eigenvalue weighted by molar-refractivity contribution is -0.387. The van der Waals surface area contributed by atoms with Gasteiger partial charge in [-0.25, -0.2) is 0 Å². The second-order valence-corrected chi connectivity index (χ2v) is 4.62. The summed E-state index contributed by atoms with van der Waals surface area (Å²) >= 11 is 0. The number of nitrogens with zero attached hydrogens (tertiary/aromatic N) is 1. The fraction of sp³-hybridized carbons (Fsp3) is 0.200. The van der Waals surface area contributed by atoms with E-state index in [0.29, 0.717) is 18.7 Å². The molecule has 6 heteroatoms. The van der Waals surface area contributed by atoms with E-state index < -0.39 is 16.4 Å². The number of benzene rings is 2. The molecular weight excluding hydrogens is 275 g/mol. The van der Waals surface area contributed by atoms with Crippen molar-refractivity contribution in [3.63, 3.8) is 0 Å². The van der Waals surface area contributed by atoms with E-state index in [1.807, 2.05) is 24.3 Å². The van der Waals surface area contributed by atoms with Crippen molar-refractivity contribution in [3.05, 3.63) is 75.1 Å². The third-order valence-corrected chi connectivity index (χ3v) is 3.04. The van der Waals surface area contributed by atoms with Gasteiger partial charge in [0.15, 0.2) is 0 Å². The largest absolute Gasteiger partial charge is 0.392 e. The predicted molar refractivity (Wildman–Crippen MR) is 76.0 cm³/mol. The number of halogens is 1. The van der Waals surface area contributed by atoms with E-state index in [9.17, 15) is 14.5 Å². The zero-order chi connectivity index (χ0) is 15.2. The highest BCUT2D eigenvalue weighted by Crippen LogP contribution is 2.18. The number of nitrogens with one attached hydrogen (secondary N) is 1. The van der Waals surface area contributed by atoms with Gasteiger partial charge >= 0.3 is 5.69 Å². The van der Waals surface area contributed by atoms with E-state index in [0.717, 1.165) is 17.2 Å². The van der Waals surface area contributed by atoms with Gasteiger partial charge < -0.3 is 10.4 Å².